The lowest BCUT2D eigenvalue weighted by Gasteiger charge is -2.34. The number of aliphatic carboxylic acids is 1. The summed E-state index contributed by atoms with van der Waals surface area (Å²) in [5, 5.41) is 12.7. The Morgan fingerprint density at radius 2 is 1.78 bits per heavy atom. The maximum atomic E-state index is 12.9. The van der Waals surface area contributed by atoms with Crippen LogP contribution in [0.5, 0.6) is 0 Å². The number of carboxylic acids is 1. The van der Waals surface area contributed by atoms with Gasteiger partial charge in [0.1, 0.15) is 5.54 Å². The summed E-state index contributed by atoms with van der Waals surface area (Å²) in [4.78, 5) is 24.9. The molecule has 1 amide bonds. The van der Waals surface area contributed by atoms with E-state index < -0.39 is 11.5 Å². The lowest BCUT2D eigenvalue weighted by molar-refractivity contribution is -0.147. The third kappa shape index (κ3) is 2.54. The first-order valence-electron chi connectivity index (χ1n) is 8.63. The largest absolute Gasteiger partial charge is 0.479 e. The van der Waals surface area contributed by atoms with Gasteiger partial charge in [-0.15, -0.1) is 0 Å². The molecule has 1 aromatic rings. The van der Waals surface area contributed by atoms with Gasteiger partial charge in [0.25, 0.3) is 5.91 Å². The van der Waals surface area contributed by atoms with E-state index in [2.05, 4.69) is 11.4 Å². The van der Waals surface area contributed by atoms with E-state index in [4.69, 9.17) is 0 Å². The van der Waals surface area contributed by atoms with E-state index in [1.54, 1.807) is 0 Å². The normalized spacial score (nSPS) is 29.8. The standard InChI is InChI=1S/C19H25NO3/c1-12-10-11-13(2)19(12,18(22)23)20-17(21)16-9-5-7-14-6-3-4-8-15(14)16/h5,7,9,12-13H,3-4,6,8,10-11H2,1-2H3,(H,20,21)(H,22,23)/t12-,13+,19?. The second-order valence-electron chi connectivity index (χ2n) is 7.16. The van der Waals surface area contributed by atoms with Crippen molar-refractivity contribution < 1.29 is 14.7 Å². The highest BCUT2D eigenvalue weighted by molar-refractivity contribution is 5.99. The maximum Gasteiger partial charge on any atom is 0.329 e. The molecular formula is C19H25NO3. The third-order valence-corrected chi connectivity index (χ3v) is 5.90. The number of benzene rings is 1. The van der Waals surface area contributed by atoms with E-state index in [-0.39, 0.29) is 17.7 Å². The second-order valence-corrected chi connectivity index (χ2v) is 7.16. The van der Waals surface area contributed by atoms with Gasteiger partial charge in [-0.1, -0.05) is 26.0 Å². The van der Waals surface area contributed by atoms with Crippen LogP contribution in [0.4, 0.5) is 0 Å². The van der Waals surface area contributed by atoms with Crippen molar-refractivity contribution in [2.45, 2.75) is 57.9 Å². The summed E-state index contributed by atoms with van der Waals surface area (Å²) in [5.41, 5.74) is 1.86. The number of hydrogen-bond acceptors (Lipinski definition) is 2. The molecule has 0 radical (unpaired) electrons. The van der Waals surface area contributed by atoms with Crippen molar-refractivity contribution in [1.29, 1.82) is 0 Å². The second kappa shape index (κ2) is 5.99. The molecule has 0 saturated heterocycles. The first-order valence-corrected chi connectivity index (χ1v) is 8.63. The molecule has 1 aromatic carbocycles. The summed E-state index contributed by atoms with van der Waals surface area (Å²) in [7, 11) is 0. The minimum atomic E-state index is -1.14. The molecule has 3 atom stereocenters. The summed E-state index contributed by atoms with van der Waals surface area (Å²) in [6.45, 7) is 3.86. The maximum absolute atomic E-state index is 12.9. The van der Waals surface area contributed by atoms with Crippen LogP contribution < -0.4 is 5.32 Å². The van der Waals surface area contributed by atoms with Crippen LogP contribution in [0.2, 0.25) is 0 Å². The molecule has 1 saturated carbocycles. The van der Waals surface area contributed by atoms with Crippen LogP contribution in [0.3, 0.4) is 0 Å². The molecule has 0 spiro atoms. The number of carbonyl (C=O) groups excluding carboxylic acids is 1. The zero-order chi connectivity index (χ0) is 16.6. The Balaban J connectivity index is 1.94. The van der Waals surface area contributed by atoms with Gasteiger partial charge in [0.05, 0.1) is 0 Å². The van der Waals surface area contributed by atoms with E-state index >= 15 is 0 Å². The van der Waals surface area contributed by atoms with Crippen LogP contribution in [-0.4, -0.2) is 22.5 Å². The SMILES string of the molecule is C[C@@H]1CC[C@H](C)C1(NC(=O)c1cccc2c1CCCC2)C(=O)O. The molecule has 0 aliphatic heterocycles. The third-order valence-electron chi connectivity index (χ3n) is 5.90. The van der Waals surface area contributed by atoms with Crippen LogP contribution in [0.1, 0.15) is 61.0 Å². The predicted octanol–water partition coefficient (Wildman–Crippen LogP) is 3.18. The number of carboxylic acid groups (broad SMARTS) is 1. The summed E-state index contributed by atoms with van der Waals surface area (Å²) in [5.74, 6) is -1.25. The van der Waals surface area contributed by atoms with E-state index in [1.807, 2.05) is 26.0 Å². The minimum Gasteiger partial charge on any atom is -0.479 e. The van der Waals surface area contributed by atoms with Gasteiger partial charge in [-0.25, -0.2) is 4.79 Å². The summed E-state index contributed by atoms with van der Waals surface area (Å²) in [6.07, 6.45) is 5.83. The van der Waals surface area contributed by atoms with Gasteiger partial charge in [-0.05, 0) is 67.6 Å². The molecule has 0 aromatic heterocycles. The van der Waals surface area contributed by atoms with Crippen LogP contribution in [-0.2, 0) is 17.6 Å². The van der Waals surface area contributed by atoms with Gasteiger partial charge in [-0.3, -0.25) is 4.79 Å². The molecule has 1 fully saturated rings. The number of aryl methyl sites for hydroxylation is 1. The Morgan fingerprint density at radius 1 is 1.13 bits per heavy atom. The molecule has 2 aliphatic carbocycles. The highest BCUT2D eigenvalue weighted by Crippen LogP contribution is 2.41. The molecule has 124 valence electrons. The molecule has 3 rings (SSSR count). The van der Waals surface area contributed by atoms with Crippen LogP contribution >= 0.6 is 0 Å². The fraction of sp³-hybridized carbons (Fsp3) is 0.579. The van der Waals surface area contributed by atoms with E-state index in [9.17, 15) is 14.7 Å². The molecule has 1 unspecified atom stereocenters. The Labute approximate surface area is 137 Å². The number of hydrogen-bond donors (Lipinski definition) is 2. The lowest BCUT2D eigenvalue weighted by atomic mass is 9.81. The minimum absolute atomic E-state index is 0.0570. The van der Waals surface area contributed by atoms with E-state index in [0.29, 0.717) is 5.56 Å². The number of amides is 1. The molecule has 4 nitrogen and oxygen atoms in total. The van der Waals surface area contributed by atoms with Gasteiger partial charge < -0.3 is 10.4 Å². The molecule has 0 heterocycles. The average molecular weight is 315 g/mol. The first-order chi connectivity index (χ1) is 11.0. The summed E-state index contributed by atoms with van der Waals surface area (Å²) < 4.78 is 0. The Morgan fingerprint density at radius 3 is 2.43 bits per heavy atom. The molecule has 2 aliphatic rings. The van der Waals surface area contributed by atoms with Gasteiger partial charge in [0.15, 0.2) is 0 Å². The van der Waals surface area contributed by atoms with Crippen molar-refractivity contribution in [3.05, 3.63) is 34.9 Å². The summed E-state index contributed by atoms with van der Waals surface area (Å²) in [6, 6.07) is 5.83. The van der Waals surface area contributed by atoms with Crippen molar-refractivity contribution >= 4 is 11.9 Å². The van der Waals surface area contributed by atoms with Crippen LogP contribution in [0, 0.1) is 11.8 Å². The van der Waals surface area contributed by atoms with Crippen molar-refractivity contribution in [2.24, 2.45) is 11.8 Å². The zero-order valence-electron chi connectivity index (χ0n) is 13.9. The van der Waals surface area contributed by atoms with Gasteiger partial charge in [0.2, 0.25) is 0 Å². The Bertz CT molecular complexity index is 628. The monoisotopic (exact) mass is 315 g/mol. The van der Waals surface area contributed by atoms with Crippen molar-refractivity contribution in [3.63, 3.8) is 0 Å². The molecule has 2 N–H and O–H groups in total. The van der Waals surface area contributed by atoms with E-state index in [1.165, 1.54) is 5.56 Å². The number of nitrogens with one attached hydrogen (secondary N) is 1. The number of rotatable bonds is 3. The average Bonchev–Trinajstić information content (AvgIpc) is 2.83. The zero-order valence-corrected chi connectivity index (χ0v) is 13.9. The fourth-order valence-corrected chi connectivity index (χ4v) is 4.41. The molecule has 4 heteroatoms. The number of fused-ring (bicyclic) bond motifs is 1. The molecular weight excluding hydrogens is 290 g/mol. The van der Waals surface area contributed by atoms with Crippen molar-refractivity contribution in [2.75, 3.05) is 0 Å². The quantitative estimate of drug-likeness (QED) is 0.900. The van der Waals surface area contributed by atoms with Crippen molar-refractivity contribution in [1.82, 2.24) is 5.32 Å². The van der Waals surface area contributed by atoms with E-state index in [0.717, 1.165) is 44.1 Å². The Hall–Kier alpha value is -1.84. The lowest BCUT2D eigenvalue weighted by Crippen LogP contribution is -2.60. The predicted molar refractivity (Wildman–Crippen MR) is 88.5 cm³/mol. The Kier molecular flexibility index (Phi) is 4.17. The highest BCUT2D eigenvalue weighted by atomic mass is 16.4. The van der Waals surface area contributed by atoms with Gasteiger partial charge in [-0.2, -0.15) is 0 Å². The smallest absolute Gasteiger partial charge is 0.329 e. The van der Waals surface area contributed by atoms with Crippen LogP contribution in [0.15, 0.2) is 18.2 Å². The fourth-order valence-electron chi connectivity index (χ4n) is 4.41. The molecule has 23 heavy (non-hydrogen) atoms. The molecule has 0 bridgehead atoms. The van der Waals surface area contributed by atoms with Crippen molar-refractivity contribution in [3.8, 4) is 0 Å². The highest BCUT2D eigenvalue weighted by Gasteiger charge is 2.53. The first kappa shape index (κ1) is 16.0. The van der Waals surface area contributed by atoms with Gasteiger partial charge >= 0.3 is 5.97 Å². The summed E-state index contributed by atoms with van der Waals surface area (Å²) >= 11 is 0. The van der Waals surface area contributed by atoms with Gasteiger partial charge in [0, 0.05) is 5.56 Å². The number of carbonyl (C=O) groups is 2. The topological polar surface area (TPSA) is 66.4 Å². The van der Waals surface area contributed by atoms with Crippen LogP contribution in [0.25, 0.3) is 0 Å².